The highest BCUT2D eigenvalue weighted by atomic mass is 32.2. The topological polar surface area (TPSA) is 54.5 Å². The summed E-state index contributed by atoms with van der Waals surface area (Å²) in [7, 11) is -1.46. The van der Waals surface area contributed by atoms with Gasteiger partial charge in [0.05, 0.1) is 10.9 Å². The molecule has 0 unspecified atom stereocenters. The number of rotatable bonds is 5. The molecule has 0 fully saturated rings. The van der Waals surface area contributed by atoms with E-state index in [1.165, 1.54) is 11.8 Å². The molecule has 2 rings (SSSR count). The summed E-state index contributed by atoms with van der Waals surface area (Å²) in [6, 6.07) is 14.1. The predicted molar refractivity (Wildman–Crippen MR) is 95.9 cm³/mol. The van der Waals surface area contributed by atoms with E-state index < -0.39 is 9.84 Å². The molecule has 0 spiro atoms. The van der Waals surface area contributed by atoms with Crippen molar-refractivity contribution in [3.05, 3.63) is 65.2 Å². The number of sulfone groups is 1. The Morgan fingerprint density at radius 1 is 1.04 bits per heavy atom. The minimum absolute atomic E-state index is 0.0580. The predicted octanol–water partition coefficient (Wildman–Crippen LogP) is 3.49. The molecule has 0 saturated heterocycles. The zero-order valence-electron chi connectivity index (χ0n) is 14.5. The standard InChI is InChI=1S/C19H23NO3S/c1-5-15-6-8-17(9-7-15)19(21)20(3)14(2)16-10-12-18(13-11-16)24(4,22)23/h6-14H,5H2,1-4H3/t14-/m1/s1. The molecule has 0 bridgehead atoms. The lowest BCUT2D eigenvalue weighted by atomic mass is 10.1. The van der Waals surface area contributed by atoms with Gasteiger partial charge in [0.2, 0.25) is 0 Å². The van der Waals surface area contributed by atoms with Crippen molar-refractivity contribution in [3.63, 3.8) is 0 Å². The van der Waals surface area contributed by atoms with Crippen LogP contribution in [0.3, 0.4) is 0 Å². The monoisotopic (exact) mass is 345 g/mol. The van der Waals surface area contributed by atoms with Crippen molar-refractivity contribution in [2.75, 3.05) is 13.3 Å². The molecule has 2 aromatic carbocycles. The average molecular weight is 345 g/mol. The van der Waals surface area contributed by atoms with Crippen molar-refractivity contribution in [2.24, 2.45) is 0 Å². The number of hydrogen-bond acceptors (Lipinski definition) is 3. The second kappa shape index (κ2) is 7.18. The zero-order valence-corrected chi connectivity index (χ0v) is 15.3. The van der Waals surface area contributed by atoms with Crippen molar-refractivity contribution in [3.8, 4) is 0 Å². The highest BCUT2D eigenvalue weighted by Crippen LogP contribution is 2.22. The van der Waals surface area contributed by atoms with E-state index in [0.29, 0.717) is 5.56 Å². The van der Waals surface area contributed by atoms with Gasteiger partial charge in [-0.3, -0.25) is 4.79 Å². The molecule has 0 aliphatic carbocycles. The number of carbonyl (C=O) groups is 1. The minimum atomic E-state index is -3.21. The molecule has 0 aliphatic rings. The second-order valence-corrected chi connectivity index (χ2v) is 8.00. The van der Waals surface area contributed by atoms with Crippen LogP contribution in [0.5, 0.6) is 0 Å². The smallest absolute Gasteiger partial charge is 0.254 e. The summed E-state index contributed by atoms with van der Waals surface area (Å²) in [5.41, 5.74) is 2.73. The van der Waals surface area contributed by atoms with Gasteiger partial charge in [-0.05, 0) is 48.7 Å². The van der Waals surface area contributed by atoms with E-state index in [1.807, 2.05) is 31.2 Å². The molecule has 0 N–H and O–H groups in total. The van der Waals surface area contributed by atoms with E-state index in [9.17, 15) is 13.2 Å². The van der Waals surface area contributed by atoms with E-state index in [1.54, 1.807) is 36.2 Å². The number of benzene rings is 2. The van der Waals surface area contributed by atoms with Crippen LogP contribution in [0.25, 0.3) is 0 Å². The Balaban J connectivity index is 2.18. The van der Waals surface area contributed by atoms with Crippen molar-refractivity contribution < 1.29 is 13.2 Å². The summed E-state index contributed by atoms with van der Waals surface area (Å²) in [5, 5.41) is 0. The maximum Gasteiger partial charge on any atom is 0.254 e. The van der Waals surface area contributed by atoms with Crippen molar-refractivity contribution in [1.82, 2.24) is 4.90 Å². The first-order chi connectivity index (χ1) is 11.2. The first kappa shape index (κ1) is 18.2. The summed E-state index contributed by atoms with van der Waals surface area (Å²) in [6.45, 7) is 4.00. The van der Waals surface area contributed by atoms with Gasteiger partial charge in [0, 0.05) is 18.9 Å². The molecule has 1 atom stereocenters. The third-order valence-electron chi connectivity index (χ3n) is 4.30. The van der Waals surface area contributed by atoms with Crippen molar-refractivity contribution in [2.45, 2.75) is 31.2 Å². The molecular formula is C19H23NO3S. The number of aryl methyl sites for hydroxylation is 1. The van der Waals surface area contributed by atoms with Gasteiger partial charge in [-0.2, -0.15) is 0 Å². The van der Waals surface area contributed by atoms with Crippen LogP contribution >= 0.6 is 0 Å². The maximum atomic E-state index is 12.6. The van der Waals surface area contributed by atoms with Gasteiger partial charge < -0.3 is 4.90 Å². The van der Waals surface area contributed by atoms with Crippen molar-refractivity contribution in [1.29, 1.82) is 0 Å². The fraction of sp³-hybridized carbons (Fsp3) is 0.316. The van der Waals surface area contributed by atoms with Gasteiger partial charge in [0.15, 0.2) is 9.84 Å². The molecule has 0 radical (unpaired) electrons. The van der Waals surface area contributed by atoms with Crippen LogP contribution in [0, 0.1) is 0 Å². The number of amides is 1. The van der Waals surface area contributed by atoms with Crippen LogP contribution in [0.4, 0.5) is 0 Å². The Bertz CT molecular complexity index is 809. The Morgan fingerprint density at radius 2 is 1.58 bits per heavy atom. The van der Waals surface area contributed by atoms with Crippen LogP contribution in [0.1, 0.15) is 41.4 Å². The lowest BCUT2D eigenvalue weighted by Crippen LogP contribution is -2.29. The van der Waals surface area contributed by atoms with Crippen LogP contribution in [0.15, 0.2) is 53.4 Å². The highest BCUT2D eigenvalue weighted by Gasteiger charge is 2.19. The van der Waals surface area contributed by atoms with Crippen LogP contribution < -0.4 is 0 Å². The Hall–Kier alpha value is -2.14. The van der Waals surface area contributed by atoms with E-state index >= 15 is 0 Å². The number of carbonyl (C=O) groups excluding carboxylic acids is 1. The fourth-order valence-corrected chi connectivity index (χ4v) is 3.11. The fourth-order valence-electron chi connectivity index (χ4n) is 2.48. The highest BCUT2D eigenvalue weighted by molar-refractivity contribution is 7.90. The molecule has 2 aromatic rings. The molecule has 0 heterocycles. The molecule has 0 aromatic heterocycles. The molecular weight excluding hydrogens is 322 g/mol. The first-order valence-electron chi connectivity index (χ1n) is 7.90. The van der Waals surface area contributed by atoms with Gasteiger partial charge in [-0.15, -0.1) is 0 Å². The summed E-state index contributed by atoms with van der Waals surface area (Å²) >= 11 is 0. The van der Waals surface area contributed by atoms with Crippen molar-refractivity contribution >= 4 is 15.7 Å². The molecule has 4 nitrogen and oxygen atoms in total. The summed E-state index contributed by atoms with van der Waals surface area (Å²) < 4.78 is 23.1. The van der Waals surface area contributed by atoms with Gasteiger partial charge in [-0.25, -0.2) is 8.42 Å². The average Bonchev–Trinajstić information content (AvgIpc) is 2.59. The van der Waals surface area contributed by atoms with Gasteiger partial charge in [0.25, 0.3) is 5.91 Å². The summed E-state index contributed by atoms with van der Waals surface area (Å²) in [6.07, 6.45) is 2.12. The van der Waals surface area contributed by atoms with Gasteiger partial charge in [0.1, 0.15) is 0 Å². The molecule has 128 valence electrons. The third kappa shape index (κ3) is 4.03. The van der Waals surface area contributed by atoms with Crippen LogP contribution in [0.2, 0.25) is 0 Å². The maximum absolute atomic E-state index is 12.6. The van der Waals surface area contributed by atoms with E-state index in [2.05, 4.69) is 6.92 Å². The third-order valence-corrected chi connectivity index (χ3v) is 5.43. The van der Waals surface area contributed by atoms with E-state index in [0.717, 1.165) is 12.0 Å². The molecule has 24 heavy (non-hydrogen) atoms. The SMILES string of the molecule is CCc1ccc(C(=O)N(C)[C@H](C)c2ccc(S(C)(=O)=O)cc2)cc1. The lowest BCUT2D eigenvalue weighted by molar-refractivity contribution is 0.0742. The van der Waals surface area contributed by atoms with E-state index in [4.69, 9.17) is 0 Å². The molecule has 5 heteroatoms. The van der Waals surface area contributed by atoms with Gasteiger partial charge >= 0.3 is 0 Å². The lowest BCUT2D eigenvalue weighted by Gasteiger charge is -2.25. The molecule has 1 amide bonds. The first-order valence-corrected chi connectivity index (χ1v) is 9.79. The second-order valence-electron chi connectivity index (χ2n) is 5.98. The summed E-state index contributed by atoms with van der Waals surface area (Å²) in [5.74, 6) is -0.0580. The number of hydrogen-bond donors (Lipinski definition) is 0. The normalized spacial score (nSPS) is 12.7. The molecule has 0 saturated carbocycles. The minimum Gasteiger partial charge on any atom is -0.335 e. The molecule has 0 aliphatic heterocycles. The van der Waals surface area contributed by atoms with Crippen LogP contribution in [-0.4, -0.2) is 32.5 Å². The Labute approximate surface area is 144 Å². The number of nitrogens with zero attached hydrogens (tertiary/aromatic N) is 1. The quantitative estimate of drug-likeness (QED) is 0.833. The van der Waals surface area contributed by atoms with Crippen LogP contribution in [-0.2, 0) is 16.3 Å². The summed E-state index contributed by atoms with van der Waals surface area (Å²) in [4.78, 5) is 14.6. The van der Waals surface area contributed by atoms with E-state index in [-0.39, 0.29) is 16.8 Å². The van der Waals surface area contributed by atoms with Gasteiger partial charge in [-0.1, -0.05) is 31.2 Å². The largest absolute Gasteiger partial charge is 0.335 e. The Kier molecular flexibility index (Phi) is 5.44. The zero-order chi connectivity index (χ0) is 17.9. The Morgan fingerprint density at radius 3 is 2.04 bits per heavy atom.